The Bertz CT molecular complexity index is 2090. The fourth-order valence-electron chi connectivity index (χ4n) is 5.11. The molecule has 1 aliphatic rings. The summed E-state index contributed by atoms with van der Waals surface area (Å²) in [6.07, 6.45) is 1.86. The van der Waals surface area contributed by atoms with Crippen LogP contribution < -0.4 is 19.6 Å². The van der Waals surface area contributed by atoms with E-state index < -0.39 is 12.0 Å². The van der Waals surface area contributed by atoms with Gasteiger partial charge in [0.05, 0.1) is 32.0 Å². The van der Waals surface area contributed by atoms with Crippen LogP contribution in [0.2, 0.25) is 0 Å². The Morgan fingerprint density at radius 1 is 1.00 bits per heavy atom. The third-order valence-electron chi connectivity index (χ3n) is 7.11. The van der Waals surface area contributed by atoms with Gasteiger partial charge in [0.15, 0.2) is 4.80 Å². The van der Waals surface area contributed by atoms with Gasteiger partial charge in [0.25, 0.3) is 5.56 Å². The topological polar surface area (TPSA) is 69.9 Å². The first-order valence-corrected chi connectivity index (χ1v) is 17.8. The van der Waals surface area contributed by atoms with Crippen molar-refractivity contribution < 1.29 is 14.3 Å². The summed E-state index contributed by atoms with van der Waals surface area (Å²) in [6, 6.07) is 30.4. The highest BCUT2D eigenvalue weighted by Crippen LogP contribution is 2.35. The summed E-state index contributed by atoms with van der Waals surface area (Å²) in [5.74, 6) is 0.195. The van der Waals surface area contributed by atoms with Crippen molar-refractivity contribution >= 4 is 90.2 Å². The van der Waals surface area contributed by atoms with Gasteiger partial charge in [-0.2, -0.15) is 0 Å². The van der Waals surface area contributed by atoms with Crippen molar-refractivity contribution in [2.75, 3.05) is 6.61 Å². The average molecular weight is 903 g/mol. The molecule has 1 aliphatic heterocycles. The lowest BCUT2D eigenvalue weighted by Crippen LogP contribution is -2.40. The quantitative estimate of drug-likeness (QED) is 0.120. The lowest BCUT2D eigenvalue weighted by molar-refractivity contribution is -0.138. The lowest BCUT2D eigenvalue weighted by atomic mass is 9.93. The Balaban J connectivity index is 1.54. The number of rotatable bonds is 8. The summed E-state index contributed by atoms with van der Waals surface area (Å²) in [6.45, 7) is 2.35. The molecule has 0 saturated carbocycles. The molecule has 0 saturated heterocycles. The number of nitrogens with zero attached hydrogens (tertiary/aromatic N) is 2. The molecule has 0 bridgehead atoms. The number of fused-ring (bicyclic) bond motifs is 1. The van der Waals surface area contributed by atoms with Crippen LogP contribution in [0.25, 0.3) is 11.8 Å². The maximum Gasteiger partial charge on any atom is 0.338 e. The molecule has 2 heterocycles. The zero-order valence-corrected chi connectivity index (χ0v) is 30.6. The second-order valence-corrected chi connectivity index (χ2v) is 14.4. The Hall–Kier alpha value is -3.07. The number of benzene rings is 4. The van der Waals surface area contributed by atoms with Crippen molar-refractivity contribution in [3.63, 3.8) is 0 Å². The van der Waals surface area contributed by atoms with Gasteiger partial charge in [0.1, 0.15) is 12.4 Å². The summed E-state index contributed by atoms with van der Waals surface area (Å²) in [5.41, 5.74) is 3.97. The van der Waals surface area contributed by atoms with Gasteiger partial charge in [0.2, 0.25) is 0 Å². The van der Waals surface area contributed by atoms with E-state index in [-0.39, 0.29) is 12.2 Å². The van der Waals surface area contributed by atoms with Gasteiger partial charge >= 0.3 is 5.97 Å². The second kappa shape index (κ2) is 14.1. The fraction of sp³-hybridized carbons (Fsp3) is 0.114. The highest BCUT2D eigenvalue weighted by molar-refractivity contribution is 14.1. The summed E-state index contributed by atoms with van der Waals surface area (Å²) in [4.78, 5) is 33.4. The fourth-order valence-corrected chi connectivity index (χ4v) is 8.41. The van der Waals surface area contributed by atoms with E-state index in [4.69, 9.17) is 14.5 Å². The first kappa shape index (κ1) is 31.9. The van der Waals surface area contributed by atoms with Crippen molar-refractivity contribution in [1.29, 1.82) is 0 Å². The van der Waals surface area contributed by atoms with Crippen LogP contribution in [-0.4, -0.2) is 17.1 Å². The zero-order chi connectivity index (χ0) is 31.5. The van der Waals surface area contributed by atoms with E-state index in [1.807, 2.05) is 103 Å². The molecule has 0 unspecified atom stereocenters. The molecule has 4 aromatic carbocycles. The minimum absolute atomic E-state index is 0.199. The first-order valence-electron chi connectivity index (χ1n) is 14.0. The van der Waals surface area contributed by atoms with Gasteiger partial charge in [-0.25, -0.2) is 9.79 Å². The normalized spacial score (nSPS) is 14.6. The number of ether oxygens (including phenoxy) is 2. The molecule has 226 valence electrons. The van der Waals surface area contributed by atoms with Gasteiger partial charge in [-0.3, -0.25) is 9.36 Å². The molecule has 0 aliphatic carbocycles. The number of hydrogen-bond acceptors (Lipinski definition) is 6. The molecule has 0 amide bonds. The molecule has 1 atom stereocenters. The van der Waals surface area contributed by atoms with Crippen molar-refractivity contribution in [3.8, 4) is 5.75 Å². The van der Waals surface area contributed by atoms with Gasteiger partial charge in [-0.15, -0.1) is 0 Å². The van der Waals surface area contributed by atoms with Gasteiger partial charge in [0, 0.05) is 19.2 Å². The van der Waals surface area contributed by atoms with E-state index in [0.717, 1.165) is 33.9 Å². The van der Waals surface area contributed by atoms with Gasteiger partial charge in [-0.1, -0.05) is 100 Å². The average Bonchev–Trinajstić information content (AvgIpc) is 3.35. The van der Waals surface area contributed by atoms with Crippen LogP contribution in [0, 0.1) is 7.14 Å². The number of esters is 1. The van der Waals surface area contributed by atoms with Crippen LogP contribution in [0.15, 0.2) is 117 Å². The molecule has 0 spiro atoms. The largest absolute Gasteiger partial charge is 0.487 e. The van der Waals surface area contributed by atoms with Gasteiger partial charge in [-0.05, 0) is 93.6 Å². The number of carbonyl (C=O) groups excluding carboxylic acids is 1. The highest BCUT2D eigenvalue weighted by Gasteiger charge is 2.35. The summed E-state index contributed by atoms with van der Waals surface area (Å²) >= 11 is 9.32. The Morgan fingerprint density at radius 3 is 2.38 bits per heavy atom. The third kappa shape index (κ3) is 6.88. The van der Waals surface area contributed by atoms with E-state index in [0.29, 0.717) is 33.0 Å². The predicted octanol–water partition coefficient (Wildman–Crippen LogP) is 7.49. The molecule has 45 heavy (non-hydrogen) atoms. The van der Waals surface area contributed by atoms with E-state index in [9.17, 15) is 9.59 Å². The maximum atomic E-state index is 14.3. The van der Waals surface area contributed by atoms with E-state index in [1.54, 1.807) is 11.5 Å². The van der Waals surface area contributed by atoms with Gasteiger partial charge < -0.3 is 9.47 Å². The molecule has 5 aromatic rings. The van der Waals surface area contributed by atoms with Crippen LogP contribution in [0.1, 0.15) is 35.2 Å². The Morgan fingerprint density at radius 2 is 1.69 bits per heavy atom. The van der Waals surface area contributed by atoms with E-state index in [1.165, 1.54) is 11.3 Å². The van der Waals surface area contributed by atoms with Crippen LogP contribution in [-0.2, 0) is 16.1 Å². The van der Waals surface area contributed by atoms with Crippen LogP contribution in [0.4, 0.5) is 0 Å². The number of carbonyl (C=O) groups is 1. The second-order valence-electron chi connectivity index (χ2n) is 10.1. The maximum absolute atomic E-state index is 14.3. The standard InChI is InChI=1S/C35H25BrI2N2O4S/c1-2-43-34(42)29-30(22-9-5-3-6-10-22)39-35-40(31(29)23-11-7-4-8-12-23)33(41)28(45-35)18-24-17-26(37)19-27(38)32(24)44-20-21-13-15-25(36)16-14-21/h3-19,31H,2,20H2,1H3/b28-18-/t31-/m0/s1. The molecule has 0 fully saturated rings. The van der Waals surface area contributed by atoms with Crippen LogP contribution >= 0.6 is 72.4 Å². The third-order valence-corrected chi connectivity index (χ3v) is 10.0. The molecule has 0 radical (unpaired) electrons. The summed E-state index contributed by atoms with van der Waals surface area (Å²) in [7, 11) is 0. The Kier molecular flexibility index (Phi) is 10.0. The molecular formula is C35H25BrI2N2O4S. The highest BCUT2D eigenvalue weighted by atomic mass is 127. The van der Waals surface area contributed by atoms with Crippen molar-refractivity contribution in [2.45, 2.75) is 19.6 Å². The monoisotopic (exact) mass is 902 g/mol. The molecule has 1 aromatic heterocycles. The number of aromatic nitrogens is 1. The van der Waals surface area contributed by atoms with Crippen LogP contribution in [0.5, 0.6) is 5.75 Å². The molecule has 6 rings (SSSR count). The van der Waals surface area contributed by atoms with E-state index >= 15 is 0 Å². The van der Waals surface area contributed by atoms with Crippen molar-refractivity contribution in [3.05, 3.63) is 156 Å². The van der Waals surface area contributed by atoms with Crippen molar-refractivity contribution in [2.24, 2.45) is 4.99 Å². The minimum atomic E-state index is -0.719. The molecule has 10 heteroatoms. The predicted molar refractivity (Wildman–Crippen MR) is 198 cm³/mol. The lowest BCUT2D eigenvalue weighted by Gasteiger charge is -2.25. The zero-order valence-electron chi connectivity index (χ0n) is 23.9. The number of hydrogen-bond donors (Lipinski definition) is 0. The Labute approximate surface area is 299 Å². The first-order chi connectivity index (χ1) is 21.8. The summed E-state index contributed by atoms with van der Waals surface area (Å²) < 4.78 is 17.0. The van der Waals surface area contributed by atoms with E-state index in [2.05, 4.69) is 61.1 Å². The summed E-state index contributed by atoms with van der Waals surface area (Å²) in [5, 5.41) is 0. The smallest absolute Gasteiger partial charge is 0.338 e. The molecule has 0 N–H and O–H groups in total. The minimum Gasteiger partial charge on any atom is -0.487 e. The SMILES string of the molecule is CCOC(=O)C1=C(c2ccccc2)N=c2s/c(=C\c3cc(I)cc(I)c3OCc3ccc(Br)cc3)c(=O)n2[C@H]1c1ccccc1. The number of thiazole rings is 1. The molecular weight excluding hydrogens is 878 g/mol. The molecule has 6 nitrogen and oxygen atoms in total. The van der Waals surface area contributed by atoms with Crippen LogP contribution in [0.3, 0.4) is 0 Å². The number of halogens is 3. The van der Waals surface area contributed by atoms with Crippen molar-refractivity contribution in [1.82, 2.24) is 4.57 Å².